The van der Waals surface area contributed by atoms with Crippen molar-refractivity contribution < 1.29 is 13.6 Å². The van der Waals surface area contributed by atoms with Gasteiger partial charge in [-0.25, -0.2) is 18.4 Å². The van der Waals surface area contributed by atoms with Crippen molar-refractivity contribution in [1.29, 1.82) is 0 Å². The monoisotopic (exact) mass is 419 g/mol. The zero-order valence-electron chi connectivity index (χ0n) is 15.7. The van der Waals surface area contributed by atoms with Gasteiger partial charge in [-0.05, 0) is 42.3 Å². The van der Waals surface area contributed by atoms with Gasteiger partial charge in [-0.15, -0.1) is 17.5 Å². The van der Waals surface area contributed by atoms with Gasteiger partial charge in [0.2, 0.25) is 5.82 Å². The number of carbonyl (C=O) groups is 1. The van der Waals surface area contributed by atoms with Crippen LogP contribution in [0.4, 0.5) is 14.5 Å². The Balaban J connectivity index is 0.00000240. The number of aryl methyl sites for hydroxylation is 1. The highest BCUT2D eigenvalue weighted by atomic mass is 35.5. The van der Waals surface area contributed by atoms with Crippen molar-refractivity contribution in [2.75, 3.05) is 11.9 Å². The molecule has 2 aromatic carbocycles. The first kappa shape index (κ1) is 20.9. The van der Waals surface area contributed by atoms with Gasteiger partial charge in [0.05, 0.1) is 5.69 Å². The first-order valence-electron chi connectivity index (χ1n) is 9.11. The van der Waals surface area contributed by atoms with Crippen molar-refractivity contribution in [1.82, 2.24) is 20.1 Å². The predicted octanol–water partition coefficient (Wildman–Crippen LogP) is 3.43. The Morgan fingerprint density at radius 2 is 2.03 bits per heavy atom. The van der Waals surface area contributed by atoms with Crippen molar-refractivity contribution in [3.8, 4) is 5.69 Å². The first-order chi connectivity index (χ1) is 13.6. The molecule has 0 saturated carbocycles. The number of benzene rings is 2. The number of para-hydroxylation sites is 1. The Kier molecular flexibility index (Phi) is 6.24. The molecule has 2 heterocycles. The molecule has 0 spiro atoms. The lowest BCUT2D eigenvalue weighted by Crippen LogP contribution is -2.25. The lowest BCUT2D eigenvalue weighted by Gasteiger charge is -2.19. The van der Waals surface area contributed by atoms with Crippen LogP contribution < -0.4 is 10.6 Å². The highest BCUT2D eigenvalue weighted by Gasteiger charge is 2.21. The number of anilines is 1. The lowest BCUT2D eigenvalue weighted by molar-refractivity contribution is 0.101. The van der Waals surface area contributed by atoms with Gasteiger partial charge in [0.15, 0.2) is 0 Å². The molecule has 2 N–H and O–H groups in total. The molecule has 1 aliphatic heterocycles. The predicted molar refractivity (Wildman–Crippen MR) is 108 cm³/mol. The average Bonchev–Trinajstić information content (AvgIpc) is 3.15. The number of amides is 1. The maximum Gasteiger partial charge on any atom is 0.295 e. The van der Waals surface area contributed by atoms with E-state index in [-0.39, 0.29) is 29.6 Å². The van der Waals surface area contributed by atoms with Crippen LogP contribution in [0.25, 0.3) is 5.69 Å². The molecule has 152 valence electrons. The van der Waals surface area contributed by atoms with Crippen LogP contribution in [0.5, 0.6) is 0 Å². The molecule has 0 fully saturated rings. The van der Waals surface area contributed by atoms with Gasteiger partial charge >= 0.3 is 0 Å². The van der Waals surface area contributed by atoms with Gasteiger partial charge in [-0.1, -0.05) is 25.1 Å². The second kappa shape index (κ2) is 8.67. The summed E-state index contributed by atoms with van der Waals surface area (Å²) in [6.45, 7) is 3.13. The molecule has 0 unspecified atom stereocenters. The standard InChI is InChI=1S/C20H19F2N5O.ClH/c1-2-17-25-19(26-27(17)16-6-4-3-5-14(16)21)20(28)24-15-8-7-12-11-23-10-9-13(12)18(15)22;/h3-8,23H,2,9-11H2,1H3,(H,24,28);1H. The summed E-state index contributed by atoms with van der Waals surface area (Å²) in [7, 11) is 0. The summed E-state index contributed by atoms with van der Waals surface area (Å²) in [5.74, 6) is -1.25. The number of hydrogen-bond donors (Lipinski definition) is 2. The third-order valence-electron chi connectivity index (χ3n) is 4.73. The van der Waals surface area contributed by atoms with Crippen molar-refractivity contribution in [3.63, 3.8) is 0 Å². The second-order valence-corrected chi connectivity index (χ2v) is 6.51. The van der Waals surface area contributed by atoms with Crippen LogP contribution in [-0.4, -0.2) is 27.2 Å². The molecule has 4 rings (SSSR count). The topological polar surface area (TPSA) is 71.8 Å². The summed E-state index contributed by atoms with van der Waals surface area (Å²) in [4.78, 5) is 16.8. The maximum atomic E-state index is 14.8. The summed E-state index contributed by atoms with van der Waals surface area (Å²) in [5.41, 5.74) is 1.79. The number of nitrogens with zero attached hydrogens (tertiary/aromatic N) is 3. The molecule has 1 amide bonds. The van der Waals surface area contributed by atoms with Crippen LogP contribution in [-0.2, 0) is 19.4 Å². The molecular weight excluding hydrogens is 400 g/mol. The van der Waals surface area contributed by atoms with E-state index in [0.29, 0.717) is 37.3 Å². The van der Waals surface area contributed by atoms with Crippen LogP contribution in [0, 0.1) is 11.6 Å². The van der Waals surface area contributed by atoms with Crippen molar-refractivity contribution in [2.24, 2.45) is 0 Å². The third kappa shape index (κ3) is 3.99. The maximum absolute atomic E-state index is 14.8. The summed E-state index contributed by atoms with van der Waals surface area (Å²) in [6.07, 6.45) is 1.01. The van der Waals surface area contributed by atoms with Crippen molar-refractivity contribution in [2.45, 2.75) is 26.3 Å². The van der Waals surface area contributed by atoms with Gasteiger partial charge in [-0.3, -0.25) is 4.79 Å². The number of rotatable bonds is 4. The zero-order valence-corrected chi connectivity index (χ0v) is 16.5. The molecule has 0 radical (unpaired) electrons. The van der Waals surface area contributed by atoms with E-state index in [4.69, 9.17) is 0 Å². The minimum atomic E-state index is -0.641. The van der Waals surface area contributed by atoms with E-state index in [1.54, 1.807) is 24.3 Å². The largest absolute Gasteiger partial charge is 0.317 e. The fourth-order valence-corrected chi connectivity index (χ4v) is 3.29. The van der Waals surface area contributed by atoms with E-state index in [0.717, 1.165) is 5.56 Å². The van der Waals surface area contributed by atoms with E-state index in [2.05, 4.69) is 20.7 Å². The number of hydrogen-bond acceptors (Lipinski definition) is 4. The molecule has 29 heavy (non-hydrogen) atoms. The molecule has 1 aromatic heterocycles. The molecule has 9 heteroatoms. The highest BCUT2D eigenvalue weighted by molar-refractivity contribution is 6.01. The summed E-state index contributed by atoms with van der Waals surface area (Å²) < 4.78 is 30.2. The van der Waals surface area contributed by atoms with Gasteiger partial charge in [-0.2, -0.15) is 0 Å². The Bertz CT molecular complexity index is 1050. The number of nitrogens with one attached hydrogen (secondary N) is 2. The zero-order chi connectivity index (χ0) is 19.7. The quantitative estimate of drug-likeness (QED) is 0.679. The van der Waals surface area contributed by atoms with E-state index in [9.17, 15) is 13.6 Å². The fourth-order valence-electron chi connectivity index (χ4n) is 3.29. The number of carbonyl (C=O) groups excluding carboxylic acids is 1. The van der Waals surface area contributed by atoms with Crippen molar-refractivity contribution in [3.05, 3.63) is 70.8 Å². The summed E-state index contributed by atoms with van der Waals surface area (Å²) in [5, 5.41) is 9.87. The van der Waals surface area contributed by atoms with Crippen LogP contribution in [0.3, 0.4) is 0 Å². The first-order valence-corrected chi connectivity index (χ1v) is 9.11. The fraction of sp³-hybridized carbons (Fsp3) is 0.250. The van der Waals surface area contributed by atoms with E-state index >= 15 is 0 Å². The Labute approximate surface area is 172 Å². The number of aromatic nitrogens is 3. The van der Waals surface area contributed by atoms with E-state index < -0.39 is 17.5 Å². The van der Waals surface area contributed by atoms with Gasteiger partial charge in [0.25, 0.3) is 5.91 Å². The summed E-state index contributed by atoms with van der Waals surface area (Å²) in [6, 6.07) is 9.45. The SMILES string of the molecule is CCc1nc(C(=O)Nc2ccc3c(c2F)CCNC3)nn1-c1ccccc1F.Cl. The molecule has 3 aromatic rings. The van der Waals surface area contributed by atoms with Gasteiger partial charge in [0, 0.05) is 13.0 Å². The molecule has 0 bridgehead atoms. The second-order valence-electron chi connectivity index (χ2n) is 6.51. The highest BCUT2D eigenvalue weighted by Crippen LogP contribution is 2.25. The Morgan fingerprint density at radius 3 is 2.79 bits per heavy atom. The molecular formula is C20H20ClF2N5O. The molecule has 0 aliphatic carbocycles. The average molecular weight is 420 g/mol. The Morgan fingerprint density at radius 1 is 1.24 bits per heavy atom. The van der Waals surface area contributed by atoms with Crippen molar-refractivity contribution >= 4 is 24.0 Å². The molecule has 0 atom stereocenters. The van der Waals surface area contributed by atoms with Gasteiger partial charge in [0.1, 0.15) is 23.1 Å². The van der Waals surface area contributed by atoms with Crippen LogP contribution in [0.2, 0.25) is 0 Å². The smallest absolute Gasteiger partial charge is 0.295 e. The van der Waals surface area contributed by atoms with E-state index in [1.165, 1.54) is 16.8 Å². The number of halogens is 3. The van der Waals surface area contributed by atoms with Crippen LogP contribution >= 0.6 is 12.4 Å². The minimum Gasteiger partial charge on any atom is -0.317 e. The Hall–Kier alpha value is -2.84. The van der Waals surface area contributed by atoms with E-state index in [1.807, 2.05) is 6.92 Å². The third-order valence-corrected chi connectivity index (χ3v) is 4.73. The van der Waals surface area contributed by atoms with Crippen LogP contribution in [0.15, 0.2) is 36.4 Å². The molecule has 6 nitrogen and oxygen atoms in total. The van der Waals surface area contributed by atoms with Gasteiger partial charge < -0.3 is 10.6 Å². The van der Waals surface area contributed by atoms with Crippen LogP contribution in [0.1, 0.15) is 34.5 Å². The normalized spacial score (nSPS) is 12.8. The minimum absolute atomic E-state index is 0. The lowest BCUT2D eigenvalue weighted by atomic mass is 9.99. The summed E-state index contributed by atoms with van der Waals surface area (Å²) >= 11 is 0. The number of fused-ring (bicyclic) bond motifs is 1. The molecule has 1 aliphatic rings. The molecule has 0 saturated heterocycles.